The number of aliphatic hydroxyl groups is 1. The van der Waals surface area contributed by atoms with E-state index in [-0.39, 0.29) is 11.7 Å². The molecule has 1 spiro atoms. The van der Waals surface area contributed by atoms with Crippen LogP contribution in [0.3, 0.4) is 0 Å². The topological polar surface area (TPSA) is 47.9 Å². The van der Waals surface area contributed by atoms with E-state index in [1.165, 1.54) is 0 Å². The third-order valence-corrected chi connectivity index (χ3v) is 5.10. The molecule has 0 aromatic heterocycles. The van der Waals surface area contributed by atoms with Gasteiger partial charge in [-0.25, -0.2) is 0 Å². The standard InChI is InChI=1S/C15H26O4/c16-14(13-2-1-6-18-11-13)12-3-7-19-15(10-12)4-8-17-9-5-15/h12-14,16H,1-11H2. The number of rotatable bonds is 2. The molecule has 3 saturated heterocycles. The molecule has 110 valence electrons. The SMILES string of the molecule is OC(C1CCCOC1)C1CCOC2(CCOCC2)C1. The highest BCUT2D eigenvalue weighted by atomic mass is 16.5. The second-order valence-corrected chi connectivity index (χ2v) is 6.36. The summed E-state index contributed by atoms with van der Waals surface area (Å²) in [4.78, 5) is 0. The van der Waals surface area contributed by atoms with E-state index in [9.17, 15) is 5.11 Å². The third-order valence-electron chi connectivity index (χ3n) is 5.10. The van der Waals surface area contributed by atoms with Gasteiger partial charge in [0.05, 0.1) is 18.3 Å². The molecule has 1 N–H and O–H groups in total. The monoisotopic (exact) mass is 270 g/mol. The van der Waals surface area contributed by atoms with Crippen LogP contribution in [0.5, 0.6) is 0 Å². The molecule has 3 fully saturated rings. The lowest BCUT2D eigenvalue weighted by Crippen LogP contribution is -2.48. The average Bonchev–Trinajstić information content (AvgIpc) is 2.48. The Labute approximate surface area is 115 Å². The quantitative estimate of drug-likeness (QED) is 0.830. The maximum Gasteiger partial charge on any atom is 0.0730 e. The van der Waals surface area contributed by atoms with Crippen molar-refractivity contribution in [1.29, 1.82) is 0 Å². The first-order chi connectivity index (χ1) is 9.29. The first kappa shape index (κ1) is 13.8. The fourth-order valence-corrected chi connectivity index (χ4v) is 3.87. The maximum absolute atomic E-state index is 10.6. The Hall–Kier alpha value is -0.160. The van der Waals surface area contributed by atoms with Gasteiger partial charge in [-0.15, -0.1) is 0 Å². The summed E-state index contributed by atoms with van der Waals surface area (Å²) in [7, 11) is 0. The van der Waals surface area contributed by atoms with Crippen molar-refractivity contribution in [3.63, 3.8) is 0 Å². The molecule has 3 aliphatic rings. The zero-order chi connectivity index (χ0) is 13.1. The molecular weight excluding hydrogens is 244 g/mol. The van der Waals surface area contributed by atoms with Crippen molar-refractivity contribution in [3.8, 4) is 0 Å². The van der Waals surface area contributed by atoms with Gasteiger partial charge in [0.1, 0.15) is 0 Å². The lowest BCUT2D eigenvalue weighted by atomic mass is 9.75. The number of ether oxygens (including phenoxy) is 3. The predicted octanol–water partition coefficient (Wildman–Crippen LogP) is 1.75. The van der Waals surface area contributed by atoms with Crippen LogP contribution in [0.25, 0.3) is 0 Å². The molecule has 3 atom stereocenters. The van der Waals surface area contributed by atoms with Gasteiger partial charge in [0.25, 0.3) is 0 Å². The van der Waals surface area contributed by atoms with E-state index < -0.39 is 0 Å². The minimum Gasteiger partial charge on any atom is -0.392 e. The van der Waals surface area contributed by atoms with Crippen LogP contribution in [-0.4, -0.2) is 49.8 Å². The molecule has 0 amide bonds. The zero-order valence-electron chi connectivity index (χ0n) is 11.7. The molecule has 19 heavy (non-hydrogen) atoms. The van der Waals surface area contributed by atoms with Crippen molar-refractivity contribution in [1.82, 2.24) is 0 Å². The van der Waals surface area contributed by atoms with Crippen molar-refractivity contribution in [2.75, 3.05) is 33.0 Å². The van der Waals surface area contributed by atoms with E-state index in [1.54, 1.807) is 0 Å². The lowest BCUT2D eigenvalue weighted by Gasteiger charge is -2.45. The van der Waals surface area contributed by atoms with Crippen LogP contribution in [0.1, 0.15) is 38.5 Å². The summed E-state index contributed by atoms with van der Waals surface area (Å²) in [5.41, 5.74) is -0.0162. The molecule has 0 radical (unpaired) electrons. The van der Waals surface area contributed by atoms with Crippen LogP contribution in [0.4, 0.5) is 0 Å². The molecule has 0 aromatic carbocycles. The van der Waals surface area contributed by atoms with E-state index >= 15 is 0 Å². The van der Waals surface area contributed by atoms with Gasteiger partial charge in [-0.05, 0) is 44.4 Å². The van der Waals surface area contributed by atoms with Gasteiger partial charge in [0.2, 0.25) is 0 Å². The molecule has 3 aliphatic heterocycles. The van der Waals surface area contributed by atoms with Crippen molar-refractivity contribution in [3.05, 3.63) is 0 Å². The molecule has 4 heteroatoms. The van der Waals surface area contributed by atoms with Gasteiger partial charge >= 0.3 is 0 Å². The Kier molecular flexibility index (Phi) is 4.42. The Bertz CT molecular complexity index is 276. The largest absolute Gasteiger partial charge is 0.392 e. The van der Waals surface area contributed by atoms with Crippen molar-refractivity contribution >= 4 is 0 Å². The minimum absolute atomic E-state index is 0.0162. The first-order valence-corrected chi connectivity index (χ1v) is 7.77. The number of hydrogen-bond donors (Lipinski definition) is 1. The van der Waals surface area contributed by atoms with Crippen LogP contribution in [0, 0.1) is 11.8 Å². The molecule has 3 heterocycles. The Balaban J connectivity index is 1.60. The van der Waals surface area contributed by atoms with E-state index in [1.807, 2.05) is 0 Å². The fourth-order valence-electron chi connectivity index (χ4n) is 3.87. The number of aliphatic hydroxyl groups excluding tert-OH is 1. The summed E-state index contributed by atoms with van der Waals surface area (Å²) in [6.45, 7) is 3.98. The summed E-state index contributed by atoms with van der Waals surface area (Å²) in [6, 6.07) is 0. The molecular formula is C15H26O4. The highest BCUT2D eigenvalue weighted by Gasteiger charge is 2.42. The molecule has 4 nitrogen and oxygen atoms in total. The maximum atomic E-state index is 10.6. The van der Waals surface area contributed by atoms with Gasteiger partial charge in [0, 0.05) is 32.3 Å². The van der Waals surface area contributed by atoms with E-state index in [4.69, 9.17) is 14.2 Å². The second kappa shape index (κ2) is 6.08. The van der Waals surface area contributed by atoms with Gasteiger partial charge in [-0.1, -0.05) is 0 Å². The smallest absolute Gasteiger partial charge is 0.0730 e. The van der Waals surface area contributed by atoms with Crippen molar-refractivity contribution in [2.24, 2.45) is 11.8 Å². The van der Waals surface area contributed by atoms with E-state index in [0.29, 0.717) is 11.8 Å². The summed E-state index contributed by atoms with van der Waals surface area (Å²) in [6.07, 6.45) is 5.92. The zero-order valence-corrected chi connectivity index (χ0v) is 11.7. The molecule has 0 aromatic rings. The summed E-state index contributed by atoms with van der Waals surface area (Å²) >= 11 is 0. The number of hydrogen-bond acceptors (Lipinski definition) is 4. The normalized spacial score (nSPS) is 37.1. The molecule has 3 rings (SSSR count). The Morgan fingerprint density at radius 3 is 2.53 bits per heavy atom. The minimum atomic E-state index is -0.219. The predicted molar refractivity (Wildman–Crippen MR) is 71.0 cm³/mol. The average molecular weight is 270 g/mol. The van der Waals surface area contributed by atoms with Crippen LogP contribution >= 0.6 is 0 Å². The fraction of sp³-hybridized carbons (Fsp3) is 1.00. The molecule has 3 unspecified atom stereocenters. The highest BCUT2D eigenvalue weighted by Crippen LogP contribution is 2.40. The van der Waals surface area contributed by atoms with Crippen LogP contribution in [-0.2, 0) is 14.2 Å². The van der Waals surface area contributed by atoms with E-state index in [2.05, 4.69) is 0 Å². The molecule has 0 aliphatic carbocycles. The first-order valence-electron chi connectivity index (χ1n) is 7.77. The van der Waals surface area contributed by atoms with Crippen LogP contribution in [0.2, 0.25) is 0 Å². The lowest BCUT2D eigenvalue weighted by molar-refractivity contribution is -0.166. The van der Waals surface area contributed by atoms with E-state index in [0.717, 1.165) is 71.6 Å². The van der Waals surface area contributed by atoms with Crippen molar-refractivity contribution in [2.45, 2.75) is 50.2 Å². The van der Waals surface area contributed by atoms with Crippen LogP contribution in [0.15, 0.2) is 0 Å². The Morgan fingerprint density at radius 1 is 0.947 bits per heavy atom. The summed E-state index contributed by atoms with van der Waals surface area (Å²) in [5, 5.41) is 10.6. The van der Waals surface area contributed by atoms with Gasteiger partial charge in [-0.2, -0.15) is 0 Å². The van der Waals surface area contributed by atoms with Gasteiger partial charge < -0.3 is 19.3 Å². The van der Waals surface area contributed by atoms with Crippen molar-refractivity contribution < 1.29 is 19.3 Å². The summed E-state index contributed by atoms with van der Waals surface area (Å²) < 4.78 is 17.0. The summed E-state index contributed by atoms with van der Waals surface area (Å²) in [5.74, 6) is 0.701. The van der Waals surface area contributed by atoms with Crippen LogP contribution < -0.4 is 0 Å². The Morgan fingerprint density at radius 2 is 1.79 bits per heavy atom. The third kappa shape index (κ3) is 3.13. The van der Waals surface area contributed by atoms with Gasteiger partial charge in [-0.3, -0.25) is 0 Å². The molecule has 0 bridgehead atoms. The van der Waals surface area contributed by atoms with Gasteiger partial charge in [0.15, 0.2) is 0 Å². The molecule has 0 saturated carbocycles. The highest BCUT2D eigenvalue weighted by molar-refractivity contribution is 4.92. The second-order valence-electron chi connectivity index (χ2n) is 6.36.